The first-order chi connectivity index (χ1) is 8.02. The molecule has 3 unspecified atom stereocenters. The molecule has 1 aliphatic rings. The molecule has 0 aromatic carbocycles. The molecule has 3 heteroatoms. The first-order valence-electron chi connectivity index (χ1n) is 6.48. The van der Waals surface area contributed by atoms with Crippen LogP contribution in [-0.2, 0) is 0 Å². The lowest BCUT2D eigenvalue weighted by atomic mass is 9.80. The number of nitrogens with zero attached hydrogens (tertiary/aromatic N) is 2. The lowest BCUT2D eigenvalue weighted by molar-refractivity contribution is 0.321. The van der Waals surface area contributed by atoms with Crippen LogP contribution in [0.4, 0.5) is 0 Å². The molecule has 0 aromatic rings. The molecule has 0 fully saturated rings. The van der Waals surface area contributed by atoms with Crippen LogP contribution in [0, 0.1) is 23.2 Å². The standard InChI is InChI=1S/C14H25N3/c1-11-7-12(2)9-13(8-11)14(10-15)16-5-6-17(3)4/h7,11,13-14,16H,5-6,8-9H2,1-4H3. The maximum atomic E-state index is 9.27. The normalized spacial score (nSPS) is 26.5. The molecular weight excluding hydrogens is 210 g/mol. The summed E-state index contributed by atoms with van der Waals surface area (Å²) in [4.78, 5) is 2.14. The fraction of sp³-hybridized carbons (Fsp3) is 0.786. The van der Waals surface area contributed by atoms with E-state index < -0.39 is 0 Å². The monoisotopic (exact) mass is 235 g/mol. The molecular formula is C14H25N3. The van der Waals surface area contributed by atoms with Gasteiger partial charge in [-0.1, -0.05) is 18.6 Å². The molecule has 1 rings (SSSR count). The summed E-state index contributed by atoms with van der Waals surface area (Å²) in [5.74, 6) is 1.09. The fourth-order valence-corrected chi connectivity index (χ4v) is 2.61. The molecule has 0 bridgehead atoms. The Morgan fingerprint density at radius 2 is 2.29 bits per heavy atom. The van der Waals surface area contributed by atoms with E-state index in [1.54, 1.807) is 0 Å². The molecule has 0 amide bonds. The van der Waals surface area contributed by atoms with Crippen molar-refractivity contribution >= 4 is 0 Å². The first kappa shape index (κ1) is 14.2. The Kier molecular flexibility index (Phi) is 5.67. The largest absolute Gasteiger partial charge is 0.308 e. The van der Waals surface area contributed by atoms with Crippen LogP contribution in [-0.4, -0.2) is 38.1 Å². The van der Waals surface area contributed by atoms with Gasteiger partial charge < -0.3 is 10.2 Å². The maximum absolute atomic E-state index is 9.27. The molecule has 1 aliphatic carbocycles. The summed E-state index contributed by atoms with van der Waals surface area (Å²) in [5, 5.41) is 12.7. The SMILES string of the molecule is CC1=CC(C)CC(C(C#N)NCCN(C)C)C1. The highest BCUT2D eigenvalue weighted by molar-refractivity contribution is 5.10. The number of nitrogens with one attached hydrogen (secondary N) is 1. The maximum Gasteiger partial charge on any atom is 0.0985 e. The Bertz CT molecular complexity index is 301. The molecule has 1 N–H and O–H groups in total. The van der Waals surface area contributed by atoms with Gasteiger partial charge in [0.1, 0.15) is 0 Å². The van der Waals surface area contributed by atoms with Gasteiger partial charge in [-0.2, -0.15) is 5.26 Å². The summed E-state index contributed by atoms with van der Waals surface area (Å²) in [5.41, 5.74) is 1.43. The van der Waals surface area contributed by atoms with Crippen LogP contribution in [0.25, 0.3) is 0 Å². The van der Waals surface area contributed by atoms with Crippen molar-refractivity contribution < 1.29 is 0 Å². The summed E-state index contributed by atoms with van der Waals surface area (Å²) in [6, 6.07) is 2.43. The van der Waals surface area contributed by atoms with Crippen molar-refractivity contribution in [3.05, 3.63) is 11.6 Å². The van der Waals surface area contributed by atoms with Crippen molar-refractivity contribution in [3.63, 3.8) is 0 Å². The molecule has 0 spiro atoms. The third kappa shape index (κ3) is 4.89. The molecule has 17 heavy (non-hydrogen) atoms. The molecule has 0 saturated heterocycles. The van der Waals surface area contributed by atoms with E-state index in [1.807, 2.05) is 0 Å². The Labute approximate surface area is 105 Å². The quantitative estimate of drug-likeness (QED) is 0.741. The highest BCUT2D eigenvalue weighted by atomic mass is 15.1. The zero-order chi connectivity index (χ0) is 12.8. The molecule has 0 heterocycles. The summed E-state index contributed by atoms with van der Waals surface area (Å²) in [6.45, 7) is 6.29. The zero-order valence-corrected chi connectivity index (χ0v) is 11.5. The van der Waals surface area contributed by atoms with Crippen LogP contribution < -0.4 is 5.32 Å². The number of hydrogen-bond donors (Lipinski definition) is 1. The predicted molar refractivity (Wildman–Crippen MR) is 71.6 cm³/mol. The minimum absolute atomic E-state index is 0.000972. The van der Waals surface area contributed by atoms with E-state index in [0.717, 1.165) is 25.9 Å². The Morgan fingerprint density at radius 3 is 2.82 bits per heavy atom. The summed E-state index contributed by atoms with van der Waals surface area (Å²) < 4.78 is 0. The van der Waals surface area contributed by atoms with Crippen LogP contribution in [0.2, 0.25) is 0 Å². The van der Waals surface area contributed by atoms with E-state index in [1.165, 1.54) is 5.57 Å². The lowest BCUT2D eigenvalue weighted by Gasteiger charge is -2.29. The molecule has 0 saturated carbocycles. The number of hydrogen-bond acceptors (Lipinski definition) is 3. The number of likely N-dealkylation sites (N-methyl/N-ethyl adjacent to an activating group) is 1. The van der Waals surface area contributed by atoms with Gasteiger partial charge in [0.15, 0.2) is 0 Å². The Balaban J connectivity index is 2.46. The topological polar surface area (TPSA) is 39.1 Å². The second-order valence-electron chi connectivity index (χ2n) is 5.55. The van der Waals surface area contributed by atoms with Crippen molar-refractivity contribution in [2.75, 3.05) is 27.2 Å². The average molecular weight is 235 g/mol. The number of rotatable bonds is 5. The highest BCUT2D eigenvalue weighted by Gasteiger charge is 2.25. The summed E-state index contributed by atoms with van der Waals surface area (Å²) in [6.07, 6.45) is 4.53. The predicted octanol–water partition coefficient (Wildman–Crippen LogP) is 2.02. The van der Waals surface area contributed by atoms with Crippen molar-refractivity contribution in [2.24, 2.45) is 11.8 Å². The molecule has 0 aliphatic heterocycles. The zero-order valence-electron chi connectivity index (χ0n) is 11.5. The second-order valence-corrected chi connectivity index (χ2v) is 5.55. The number of nitriles is 1. The van der Waals surface area contributed by atoms with Gasteiger partial charge in [0.2, 0.25) is 0 Å². The van der Waals surface area contributed by atoms with Crippen LogP contribution >= 0.6 is 0 Å². The molecule has 0 radical (unpaired) electrons. The summed E-state index contributed by atoms with van der Waals surface area (Å²) in [7, 11) is 4.11. The van der Waals surface area contributed by atoms with Crippen LogP contribution in [0.3, 0.4) is 0 Å². The van der Waals surface area contributed by atoms with E-state index in [2.05, 4.69) is 50.3 Å². The average Bonchev–Trinajstić information content (AvgIpc) is 2.22. The van der Waals surface area contributed by atoms with Gasteiger partial charge in [-0.05, 0) is 45.7 Å². The van der Waals surface area contributed by atoms with E-state index in [0.29, 0.717) is 11.8 Å². The fourth-order valence-electron chi connectivity index (χ4n) is 2.61. The first-order valence-corrected chi connectivity index (χ1v) is 6.48. The Hall–Kier alpha value is -0.850. The van der Waals surface area contributed by atoms with E-state index in [9.17, 15) is 5.26 Å². The van der Waals surface area contributed by atoms with Gasteiger partial charge in [0.25, 0.3) is 0 Å². The molecule has 3 nitrogen and oxygen atoms in total. The van der Waals surface area contributed by atoms with Crippen molar-refractivity contribution in [1.82, 2.24) is 10.2 Å². The minimum Gasteiger partial charge on any atom is -0.308 e. The summed E-state index contributed by atoms with van der Waals surface area (Å²) >= 11 is 0. The van der Waals surface area contributed by atoms with Crippen molar-refractivity contribution in [3.8, 4) is 6.07 Å². The molecule has 3 atom stereocenters. The molecule has 96 valence electrons. The second kappa shape index (κ2) is 6.78. The third-order valence-corrected chi connectivity index (χ3v) is 3.36. The van der Waals surface area contributed by atoms with E-state index in [4.69, 9.17) is 0 Å². The van der Waals surface area contributed by atoms with Crippen molar-refractivity contribution in [2.45, 2.75) is 32.7 Å². The number of allylic oxidation sites excluding steroid dienone is 2. The van der Waals surface area contributed by atoms with E-state index in [-0.39, 0.29) is 6.04 Å². The van der Waals surface area contributed by atoms with Crippen LogP contribution in [0.15, 0.2) is 11.6 Å². The van der Waals surface area contributed by atoms with Gasteiger partial charge in [0, 0.05) is 13.1 Å². The van der Waals surface area contributed by atoms with Gasteiger partial charge in [-0.25, -0.2) is 0 Å². The van der Waals surface area contributed by atoms with Gasteiger partial charge in [-0.15, -0.1) is 0 Å². The molecule has 0 aromatic heterocycles. The van der Waals surface area contributed by atoms with Gasteiger partial charge in [-0.3, -0.25) is 0 Å². The van der Waals surface area contributed by atoms with Crippen molar-refractivity contribution in [1.29, 1.82) is 5.26 Å². The highest BCUT2D eigenvalue weighted by Crippen LogP contribution is 2.29. The Morgan fingerprint density at radius 1 is 1.59 bits per heavy atom. The minimum atomic E-state index is 0.000972. The van der Waals surface area contributed by atoms with Gasteiger partial charge in [0.05, 0.1) is 12.1 Å². The van der Waals surface area contributed by atoms with Gasteiger partial charge >= 0.3 is 0 Å². The van der Waals surface area contributed by atoms with Crippen LogP contribution in [0.5, 0.6) is 0 Å². The van der Waals surface area contributed by atoms with E-state index >= 15 is 0 Å². The third-order valence-electron chi connectivity index (χ3n) is 3.36. The van der Waals surface area contributed by atoms with Crippen LogP contribution in [0.1, 0.15) is 26.7 Å². The lowest BCUT2D eigenvalue weighted by Crippen LogP contribution is -2.40. The smallest absolute Gasteiger partial charge is 0.0985 e.